The zero-order chi connectivity index (χ0) is 15.6. The summed E-state index contributed by atoms with van der Waals surface area (Å²) in [6.07, 6.45) is 0.806. The van der Waals surface area contributed by atoms with E-state index >= 15 is 0 Å². The fraction of sp³-hybridized carbons (Fsp3) is 0.286. The van der Waals surface area contributed by atoms with Crippen molar-refractivity contribution >= 4 is 39.9 Å². The van der Waals surface area contributed by atoms with Crippen LogP contribution in [0.2, 0.25) is 5.15 Å². The molecule has 0 aliphatic heterocycles. The van der Waals surface area contributed by atoms with Crippen molar-refractivity contribution in [2.24, 2.45) is 5.92 Å². The zero-order valence-electron chi connectivity index (χ0n) is 11.5. The van der Waals surface area contributed by atoms with E-state index in [9.17, 15) is 10.1 Å². The third-order valence-electron chi connectivity index (χ3n) is 2.82. The predicted molar refractivity (Wildman–Crippen MR) is 90.4 cm³/mol. The molecule has 2 aromatic rings. The van der Waals surface area contributed by atoms with Gasteiger partial charge in [-0.3, -0.25) is 10.1 Å². The average Bonchev–Trinajstić information content (AvgIpc) is 2.43. The van der Waals surface area contributed by atoms with Crippen LogP contribution in [0, 0.1) is 19.6 Å². The van der Waals surface area contributed by atoms with Crippen molar-refractivity contribution in [1.29, 1.82) is 0 Å². The maximum atomic E-state index is 10.7. The maximum Gasteiger partial charge on any atom is 0.269 e. The summed E-state index contributed by atoms with van der Waals surface area (Å²) in [5, 5.41) is 11.1. The first-order valence-corrected chi connectivity index (χ1v) is 7.81. The Morgan fingerprint density at radius 1 is 1.29 bits per heavy atom. The molecule has 0 saturated heterocycles. The molecule has 0 aliphatic rings. The molecule has 1 aromatic carbocycles. The van der Waals surface area contributed by atoms with Crippen molar-refractivity contribution in [3.8, 4) is 11.4 Å². The first kappa shape index (κ1) is 16.1. The van der Waals surface area contributed by atoms with Crippen LogP contribution in [0.3, 0.4) is 0 Å². The van der Waals surface area contributed by atoms with Crippen molar-refractivity contribution in [1.82, 2.24) is 9.97 Å². The molecule has 21 heavy (non-hydrogen) atoms. The van der Waals surface area contributed by atoms with Crippen molar-refractivity contribution in [2.45, 2.75) is 20.3 Å². The Morgan fingerprint density at radius 2 is 1.90 bits per heavy atom. The Kier molecular flexibility index (Phi) is 5.10. The summed E-state index contributed by atoms with van der Waals surface area (Å²) in [4.78, 5) is 19.0. The van der Waals surface area contributed by atoms with Gasteiger partial charge in [0.15, 0.2) is 5.82 Å². The number of nitro groups is 1. The predicted octanol–water partition coefficient (Wildman–Crippen LogP) is 4.51. The van der Waals surface area contributed by atoms with Crippen LogP contribution in [0.15, 0.2) is 24.3 Å². The average molecular weight is 418 g/mol. The van der Waals surface area contributed by atoms with E-state index < -0.39 is 4.92 Å². The zero-order valence-corrected chi connectivity index (χ0v) is 14.4. The highest BCUT2D eigenvalue weighted by Gasteiger charge is 2.14. The minimum Gasteiger partial charge on any atom is -0.258 e. The second-order valence-corrected chi connectivity index (χ2v) is 6.44. The molecule has 7 heteroatoms. The number of rotatable bonds is 4. The lowest BCUT2D eigenvalue weighted by atomic mass is 10.1. The number of aromatic nitrogens is 2. The van der Waals surface area contributed by atoms with Crippen molar-refractivity contribution in [3.63, 3.8) is 0 Å². The Labute approximate surface area is 141 Å². The molecule has 0 amide bonds. The van der Waals surface area contributed by atoms with Gasteiger partial charge < -0.3 is 0 Å². The minimum absolute atomic E-state index is 0.0396. The lowest BCUT2D eigenvalue weighted by Crippen LogP contribution is -2.04. The van der Waals surface area contributed by atoms with Gasteiger partial charge in [-0.15, -0.1) is 0 Å². The fourth-order valence-electron chi connectivity index (χ4n) is 1.85. The van der Waals surface area contributed by atoms with Crippen molar-refractivity contribution in [2.75, 3.05) is 0 Å². The summed E-state index contributed by atoms with van der Waals surface area (Å²) >= 11 is 8.31. The van der Waals surface area contributed by atoms with E-state index in [0.29, 0.717) is 22.5 Å². The Morgan fingerprint density at radius 3 is 2.43 bits per heavy atom. The summed E-state index contributed by atoms with van der Waals surface area (Å²) in [7, 11) is 0. The third kappa shape index (κ3) is 3.88. The number of halogens is 2. The summed E-state index contributed by atoms with van der Waals surface area (Å²) in [6.45, 7) is 4.22. The molecule has 0 unspecified atom stereocenters. The lowest BCUT2D eigenvalue weighted by molar-refractivity contribution is -0.384. The Balaban J connectivity index is 2.43. The van der Waals surface area contributed by atoms with Crippen LogP contribution in [0.1, 0.15) is 19.5 Å². The van der Waals surface area contributed by atoms with Crippen LogP contribution >= 0.6 is 34.2 Å². The van der Waals surface area contributed by atoms with Crippen LogP contribution in [0.25, 0.3) is 11.4 Å². The molecule has 0 bridgehead atoms. The number of nitro benzene ring substituents is 1. The Bertz CT molecular complexity index is 675. The van der Waals surface area contributed by atoms with Crippen LogP contribution < -0.4 is 0 Å². The molecule has 1 aromatic heterocycles. The highest BCUT2D eigenvalue weighted by molar-refractivity contribution is 14.1. The molecule has 0 saturated carbocycles. The van der Waals surface area contributed by atoms with Gasteiger partial charge in [0.05, 0.1) is 14.2 Å². The van der Waals surface area contributed by atoms with Gasteiger partial charge in [-0.2, -0.15) is 0 Å². The number of hydrogen-bond acceptors (Lipinski definition) is 4. The van der Waals surface area contributed by atoms with Gasteiger partial charge in [-0.25, -0.2) is 9.97 Å². The van der Waals surface area contributed by atoms with Crippen LogP contribution in [0.5, 0.6) is 0 Å². The monoisotopic (exact) mass is 417 g/mol. The molecular formula is C14H13ClIN3O2. The molecule has 5 nitrogen and oxygen atoms in total. The summed E-state index contributed by atoms with van der Waals surface area (Å²) in [5.41, 5.74) is 1.65. The van der Waals surface area contributed by atoms with Gasteiger partial charge in [-0.1, -0.05) is 25.4 Å². The smallest absolute Gasteiger partial charge is 0.258 e. The van der Waals surface area contributed by atoms with E-state index in [4.69, 9.17) is 11.6 Å². The first-order valence-electron chi connectivity index (χ1n) is 6.35. The molecule has 0 fully saturated rings. The van der Waals surface area contributed by atoms with E-state index in [1.807, 2.05) is 0 Å². The summed E-state index contributed by atoms with van der Waals surface area (Å²) in [6, 6.07) is 6.14. The maximum absolute atomic E-state index is 10.7. The largest absolute Gasteiger partial charge is 0.269 e. The van der Waals surface area contributed by atoms with Crippen molar-refractivity contribution < 1.29 is 4.92 Å². The van der Waals surface area contributed by atoms with Crippen LogP contribution in [-0.2, 0) is 6.42 Å². The molecule has 0 N–H and O–H groups in total. The molecule has 2 rings (SSSR count). The molecule has 0 spiro atoms. The summed E-state index contributed by atoms with van der Waals surface area (Å²) in [5.74, 6) is 0.945. The minimum atomic E-state index is -0.435. The molecular weight excluding hydrogens is 405 g/mol. The van der Waals surface area contributed by atoms with Gasteiger partial charge in [-0.05, 0) is 47.1 Å². The van der Waals surface area contributed by atoms with Crippen LogP contribution in [-0.4, -0.2) is 14.9 Å². The number of nitrogens with zero attached hydrogens (tertiary/aromatic N) is 3. The summed E-state index contributed by atoms with van der Waals surface area (Å²) < 4.78 is 0.855. The molecule has 0 radical (unpaired) electrons. The highest BCUT2D eigenvalue weighted by Crippen LogP contribution is 2.26. The standard InChI is InChI=1S/C14H13ClIN3O2/c1-8(2)7-11-12(16)13(15)18-14(17-11)9-3-5-10(6-4-9)19(20)21/h3-6,8H,7H2,1-2H3. The van der Waals surface area contributed by atoms with Gasteiger partial charge >= 0.3 is 0 Å². The second-order valence-electron chi connectivity index (χ2n) is 5.00. The van der Waals surface area contributed by atoms with E-state index in [1.54, 1.807) is 12.1 Å². The van der Waals surface area contributed by atoms with Gasteiger partial charge in [0.2, 0.25) is 0 Å². The van der Waals surface area contributed by atoms with E-state index in [0.717, 1.165) is 15.7 Å². The topological polar surface area (TPSA) is 68.9 Å². The Hall–Kier alpha value is -1.28. The fourth-order valence-corrected chi connectivity index (χ4v) is 2.50. The molecule has 1 heterocycles. The number of benzene rings is 1. The highest BCUT2D eigenvalue weighted by atomic mass is 127. The third-order valence-corrected chi connectivity index (χ3v) is 4.54. The quantitative estimate of drug-likeness (QED) is 0.318. The molecule has 0 aliphatic carbocycles. The van der Waals surface area contributed by atoms with Crippen LogP contribution in [0.4, 0.5) is 5.69 Å². The van der Waals surface area contributed by atoms with Gasteiger partial charge in [0.1, 0.15) is 5.15 Å². The first-order chi connectivity index (χ1) is 9.88. The normalized spacial score (nSPS) is 10.9. The second kappa shape index (κ2) is 6.65. The van der Waals surface area contributed by atoms with E-state index in [-0.39, 0.29) is 5.69 Å². The number of hydrogen-bond donors (Lipinski definition) is 0. The van der Waals surface area contributed by atoms with E-state index in [2.05, 4.69) is 46.4 Å². The van der Waals surface area contributed by atoms with E-state index in [1.165, 1.54) is 12.1 Å². The number of non-ortho nitro benzene ring substituents is 1. The molecule has 110 valence electrons. The molecule has 0 atom stereocenters. The van der Waals surface area contributed by atoms with Crippen molar-refractivity contribution in [3.05, 3.63) is 48.8 Å². The van der Waals surface area contributed by atoms with Gasteiger partial charge in [0.25, 0.3) is 5.69 Å². The SMILES string of the molecule is CC(C)Cc1nc(-c2ccc([N+](=O)[O-])cc2)nc(Cl)c1I. The lowest BCUT2D eigenvalue weighted by Gasteiger charge is -2.10. The van der Waals surface area contributed by atoms with Gasteiger partial charge in [0, 0.05) is 17.7 Å².